The first-order chi connectivity index (χ1) is 8.45. The average molecular weight is 271 g/mol. The summed E-state index contributed by atoms with van der Waals surface area (Å²) in [7, 11) is 0. The van der Waals surface area contributed by atoms with E-state index >= 15 is 0 Å². The summed E-state index contributed by atoms with van der Waals surface area (Å²) in [6.07, 6.45) is 0. The Balaban J connectivity index is 4.76. The summed E-state index contributed by atoms with van der Waals surface area (Å²) in [6.45, 7) is 15.1. The number of carbonyl (C=O) groups excluding carboxylic acids is 2. The smallest absolute Gasteiger partial charge is 0.329 e. The van der Waals surface area contributed by atoms with E-state index in [4.69, 9.17) is 4.74 Å². The fraction of sp³-hybridized carbons (Fsp3) is 0.867. The Kier molecular flexibility index (Phi) is 6.53. The lowest BCUT2D eigenvalue weighted by molar-refractivity contribution is -0.160. The Labute approximate surface area is 117 Å². The first kappa shape index (κ1) is 17.9. The average Bonchev–Trinajstić information content (AvgIpc) is 2.20. The summed E-state index contributed by atoms with van der Waals surface area (Å²) in [5.41, 5.74) is -0.543. The van der Waals surface area contributed by atoms with Crippen molar-refractivity contribution in [2.45, 2.75) is 67.0 Å². The Hall–Kier alpha value is -1.06. The standard InChI is InChI=1S/C15H29NO3/c1-9(2)11(5)13(17)16-12(10(3)4)14(18)19-15(6,7)8/h9-12H,1-8H3,(H,16,17)/t11?,12-/m1/s1. The van der Waals surface area contributed by atoms with Crippen LogP contribution in [0.4, 0.5) is 0 Å². The molecule has 4 nitrogen and oxygen atoms in total. The molecule has 0 spiro atoms. The Morgan fingerprint density at radius 3 is 1.74 bits per heavy atom. The molecule has 0 aromatic heterocycles. The summed E-state index contributed by atoms with van der Waals surface area (Å²) < 4.78 is 5.35. The van der Waals surface area contributed by atoms with Crippen molar-refractivity contribution >= 4 is 11.9 Å². The van der Waals surface area contributed by atoms with Gasteiger partial charge in [-0.25, -0.2) is 4.79 Å². The first-order valence-corrected chi connectivity index (χ1v) is 6.99. The molecule has 0 aliphatic rings. The van der Waals surface area contributed by atoms with Gasteiger partial charge >= 0.3 is 5.97 Å². The van der Waals surface area contributed by atoms with E-state index in [2.05, 4.69) is 5.32 Å². The third-order valence-corrected chi connectivity index (χ3v) is 3.04. The zero-order valence-electron chi connectivity index (χ0n) is 13.5. The number of carbonyl (C=O) groups is 2. The van der Waals surface area contributed by atoms with E-state index in [1.54, 1.807) is 0 Å². The van der Waals surface area contributed by atoms with Crippen LogP contribution < -0.4 is 5.32 Å². The van der Waals surface area contributed by atoms with Gasteiger partial charge in [-0.2, -0.15) is 0 Å². The van der Waals surface area contributed by atoms with Gasteiger partial charge in [0.25, 0.3) is 0 Å². The van der Waals surface area contributed by atoms with Crippen LogP contribution in [-0.4, -0.2) is 23.5 Å². The highest BCUT2D eigenvalue weighted by Gasteiger charge is 2.30. The molecule has 0 bridgehead atoms. The van der Waals surface area contributed by atoms with E-state index in [9.17, 15) is 9.59 Å². The highest BCUT2D eigenvalue weighted by Crippen LogP contribution is 2.15. The number of ether oxygens (including phenoxy) is 1. The lowest BCUT2D eigenvalue weighted by Gasteiger charge is -2.28. The highest BCUT2D eigenvalue weighted by molar-refractivity contribution is 5.86. The Morgan fingerprint density at radius 2 is 1.42 bits per heavy atom. The molecule has 0 aliphatic carbocycles. The molecular formula is C15H29NO3. The van der Waals surface area contributed by atoms with Gasteiger partial charge in [-0.15, -0.1) is 0 Å². The Bertz CT molecular complexity index is 316. The van der Waals surface area contributed by atoms with E-state index in [0.29, 0.717) is 0 Å². The van der Waals surface area contributed by atoms with Crippen molar-refractivity contribution in [2.75, 3.05) is 0 Å². The van der Waals surface area contributed by atoms with E-state index in [-0.39, 0.29) is 29.6 Å². The van der Waals surface area contributed by atoms with Crippen molar-refractivity contribution < 1.29 is 14.3 Å². The molecule has 0 fully saturated rings. The van der Waals surface area contributed by atoms with Gasteiger partial charge in [0.2, 0.25) is 5.91 Å². The van der Waals surface area contributed by atoms with Crippen molar-refractivity contribution in [1.29, 1.82) is 0 Å². The second kappa shape index (κ2) is 6.92. The fourth-order valence-corrected chi connectivity index (χ4v) is 1.45. The van der Waals surface area contributed by atoms with Crippen LogP contribution in [0.1, 0.15) is 55.4 Å². The van der Waals surface area contributed by atoms with Crippen LogP contribution in [0.2, 0.25) is 0 Å². The maximum atomic E-state index is 12.1. The summed E-state index contributed by atoms with van der Waals surface area (Å²) in [5, 5.41) is 2.81. The predicted molar refractivity (Wildman–Crippen MR) is 76.6 cm³/mol. The molecule has 1 N–H and O–H groups in total. The third-order valence-electron chi connectivity index (χ3n) is 3.04. The summed E-state index contributed by atoms with van der Waals surface area (Å²) in [4.78, 5) is 24.1. The molecule has 0 rings (SSSR count). The lowest BCUT2D eigenvalue weighted by atomic mass is 9.95. The molecule has 112 valence electrons. The maximum absolute atomic E-state index is 12.1. The van der Waals surface area contributed by atoms with Crippen LogP contribution in [0.3, 0.4) is 0 Å². The van der Waals surface area contributed by atoms with Crippen LogP contribution in [0, 0.1) is 17.8 Å². The number of amides is 1. The second-order valence-electron chi connectivity index (χ2n) is 6.80. The largest absolute Gasteiger partial charge is 0.458 e. The van der Waals surface area contributed by atoms with Gasteiger partial charge in [-0.05, 0) is 32.6 Å². The molecule has 2 atom stereocenters. The number of esters is 1. The van der Waals surface area contributed by atoms with Gasteiger partial charge in [-0.1, -0.05) is 34.6 Å². The number of rotatable bonds is 5. The van der Waals surface area contributed by atoms with E-state index in [1.807, 2.05) is 55.4 Å². The SMILES string of the molecule is CC(C)C(C)C(=O)N[C@@H](C(=O)OC(C)(C)C)C(C)C. The molecular weight excluding hydrogens is 242 g/mol. The van der Waals surface area contributed by atoms with E-state index in [0.717, 1.165) is 0 Å². The monoisotopic (exact) mass is 271 g/mol. The maximum Gasteiger partial charge on any atom is 0.329 e. The minimum Gasteiger partial charge on any atom is -0.458 e. The summed E-state index contributed by atoms with van der Waals surface area (Å²) >= 11 is 0. The molecule has 0 aliphatic heterocycles. The molecule has 0 saturated heterocycles. The quantitative estimate of drug-likeness (QED) is 0.782. The van der Waals surface area contributed by atoms with Gasteiger partial charge < -0.3 is 10.1 Å². The predicted octanol–water partition coefficient (Wildman–Crippen LogP) is 2.76. The molecule has 19 heavy (non-hydrogen) atoms. The topological polar surface area (TPSA) is 55.4 Å². The van der Waals surface area contributed by atoms with Crippen molar-refractivity contribution in [3.63, 3.8) is 0 Å². The third kappa shape index (κ3) is 6.60. The fourth-order valence-electron chi connectivity index (χ4n) is 1.45. The Morgan fingerprint density at radius 1 is 0.947 bits per heavy atom. The molecule has 1 unspecified atom stereocenters. The summed E-state index contributed by atoms with van der Waals surface area (Å²) in [6, 6.07) is -0.590. The molecule has 0 saturated carbocycles. The molecule has 4 heteroatoms. The molecule has 1 amide bonds. The number of hydrogen-bond acceptors (Lipinski definition) is 3. The van der Waals surface area contributed by atoms with Gasteiger partial charge in [0.15, 0.2) is 0 Å². The summed E-state index contributed by atoms with van der Waals surface area (Å²) in [5.74, 6) is -0.348. The van der Waals surface area contributed by atoms with Crippen molar-refractivity contribution in [3.05, 3.63) is 0 Å². The van der Waals surface area contributed by atoms with Crippen LogP contribution >= 0.6 is 0 Å². The van der Waals surface area contributed by atoms with Crippen LogP contribution in [-0.2, 0) is 14.3 Å². The van der Waals surface area contributed by atoms with Crippen molar-refractivity contribution in [2.24, 2.45) is 17.8 Å². The van der Waals surface area contributed by atoms with E-state index in [1.165, 1.54) is 0 Å². The first-order valence-electron chi connectivity index (χ1n) is 6.99. The molecule has 0 radical (unpaired) electrons. The van der Waals surface area contributed by atoms with Crippen molar-refractivity contribution in [1.82, 2.24) is 5.32 Å². The minimum atomic E-state index is -0.590. The molecule has 0 aromatic rings. The van der Waals surface area contributed by atoms with E-state index < -0.39 is 11.6 Å². The van der Waals surface area contributed by atoms with Gasteiger partial charge in [0.1, 0.15) is 11.6 Å². The van der Waals surface area contributed by atoms with Crippen molar-refractivity contribution in [3.8, 4) is 0 Å². The normalized spacial score (nSPS) is 15.3. The number of nitrogens with one attached hydrogen (secondary N) is 1. The van der Waals surface area contributed by atoms with Crippen LogP contribution in [0.15, 0.2) is 0 Å². The minimum absolute atomic E-state index is 0.00170. The van der Waals surface area contributed by atoms with Gasteiger partial charge in [-0.3, -0.25) is 4.79 Å². The van der Waals surface area contributed by atoms with Gasteiger partial charge in [0, 0.05) is 5.92 Å². The zero-order chi connectivity index (χ0) is 15.4. The van der Waals surface area contributed by atoms with Crippen LogP contribution in [0.5, 0.6) is 0 Å². The second-order valence-corrected chi connectivity index (χ2v) is 6.80. The molecule has 0 heterocycles. The lowest BCUT2D eigenvalue weighted by Crippen LogP contribution is -2.49. The highest BCUT2D eigenvalue weighted by atomic mass is 16.6. The number of hydrogen-bond donors (Lipinski definition) is 1. The zero-order valence-corrected chi connectivity index (χ0v) is 13.5. The van der Waals surface area contributed by atoms with Gasteiger partial charge in [0.05, 0.1) is 0 Å². The van der Waals surface area contributed by atoms with Crippen LogP contribution in [0.25, 0.3) is 0 Å². The molecule has 0 aromatic carbocycles.